The van der Waals surface area contributed by atoms with Crippen LogP contribution in [0.5, 0.6) is 5.75 Å². The van der Waals surface area contributed by atoms with Crippen LogP contribution in [0.15, 0.2) is 48.6 Å². The lowest BCUT2D eigenvalue weighted by atomic mass is 9.95. The maximum Gasteiger partial charge on any atom is 0.267 e. The molecule has 134 valence electrons. The number of amides is 1. The molecule has 0 aliphatic rings. The minimum atomic E-state index is -0.870. The minimum Gasteiger partial charge on any atom is -0.507 e. The molecule has 1 amide bonds. The van der Waals surface area contributed by atoms with Gasteiger partial charge in [-0.25, -0.2) is 5.48 Å². The summed E-state index contributed by atoms with van der Waals surface area (Å²) in [5.74, 6) is -0.435. The highest BCUT2D eigenvalue weighted by atomic mass is 16.5. The third-order valence-electron chi connectivity index (χ3n) is 3.98. The van der Waals surface area contributed by atoms with Crippen molar-refractivity contribution in [1.29, 1.82) is 0 Å². The van der Waals surface area contributed by atoms with E-state index in [1.807, 2.05) is 25.1 Å². The van der Waals surface area contributed by atoms with E-state index < -0.39 is 18.1 Å². The van der Waals surface area contributed by atoms with Gasteiger partial charge in [0.15, 0.2) is 0 Å². The number of phenols is 1. The molecule has 0 radical (unpaired) electrons. The quantitative estimate of drug-likeness (QED) is 0.335. The number of aromatic hydroxyl groups is 1. The maximum atomic E-state index is 11.0. The number of phenolic OH excluding ortho intramolecular Hbond substituents is 1. The summed E-state index contributed by atoms with van der Waals surface area (Å²) in [6, 6.07) is 10.6. The topological polar surface area (TPSA) is 99.0 Å². The zero-order valence-corrected chi connectivity index (χ0v) is 14.1. The van der Waals surface area contributed by atoms with Crippen LogP contribution in [0, 0.1) is 0 Å². The standard InChI is InChI=1S/C19H23NO5/c1-2-25-17(9-5-6-10-18(22)20-24)19(23)15-11-12-16(21)14-8-4-3-7-13(14)15/h3-4,6-8,10-12,17,19,21,23-24H,2,5,9H2,1H3,(H,20,22)/b10-6+/t17-,19-/m0/s1. The van der Waals surface area contributed by atoms with Gasteiger partial charge in [0.25, 0.3) is 5.91 Å². The number of hydrogen-bond acceptors (Lipinski definition) is 5. The van der Waals surface area contributed by atoms with Crippen molar-refractivity contribution in [3.63, 3.8) is 0 Å². The maximum absolute atomic E-state index is 11.0. The Bertz CT molecular complexity index is 744. The Morgan fingerprint density at radius 2 is 1.96 bits per heavy atom. The van der Waals surface area contributed by atoms with E-state index in [1.54, 1.807) is 24.3 Å². The Kier molecular flexibility index (Phi) is 6.94. The number of carbonyl (C=O) groups is 1. The molecule has 2 aromatic carbocycles. The third kappa shape index (κ3) is 4.79. The summed E-state index contributed by atoms with van der Waals surface area (Å²) in [4.78, 5) is 11.0. The van der Waals surface area contributed by atoms with Crippen LogP contribution in [0.3, 0.4) is 0 Å². The number of fused-ring (bicyclic) bond motifs is 1. The summed E-state index contributed by atoms with van der Waals surface area (Å²) in [5.41, 5.74) is 2.21. The summed E-state index contributed by atoms with van der Waals surface area (Å²) in [5, 5.41) is 30.7. The summed E-state index contributed by atoms with van der Waals surface area (Å²) < 4.78 is 5.67. The van der Waals surface area contributed by atoms with E-state index in [1.165, 1.54) is 11.6 Å². The molecule has 2 atom stereocenters. The predicted molar refractivity (Wildman–Crippen MR) is 94.3 cm³/mol. The van der Waals surface area contributed by atoms with Crippen LogP contribution < -0.4 is 5.48 Å². The van der Waals surface area contributed by atoms with E-state index >= 15 is 0 Å². The van der Waals surface area contributed by atoms with Crippen molar-refractivity contribution in [2.24, 2.45) is 0 Å². The van der Waals surface area contributed by atoms with Crippen LogP contribution >= 0.6 is 0 Å². The van der Waals surface area contributed by atoms with Gasteiger partial charge in [0.05, 0.1) is 6.10 Å². The van der Waals surface area contributed by atoms with Crippen LogP contribution in [-0.2, 0) is 9.53 Å². The smallest absolute Gasteiger partial charge is 0.267 e. The van der Waals surface area contributed by atoms with Gasteiger partial charge in [-0.05, 0) is 36.8 Å². The van der Waals surface area contributed by atoms with E-state index in [2.05, 4.69) is 0 Å². The first kappa shape index (κ1) is 18.9. The first-order valence-electron chi connectivity index (χ1n) is 8.19. The molecule has 6 heteroatoms. The van der Waals surface area contributed by atoms with E-state index in [-0.39, 0.29) is 5.75 Å². The molecule has 4 N–H and O–H groups in total. The fourth-order valence-electron chi connectivity index (χ4n) is 2.80. The van der Waals surface area contributed by atoms with Crippen molar-refractivity contribution >= 4 is 16.7 Å². The average molecular weight is 345 g/mol. The van der Waals surface area contributed by atoms with Crippen LogP contribution in [-0.4, -0.2) is 34.0 Å². The Morgan fingerprint density at radius 1 is 1.24 bits per heavy atom. The van der Waals surface area contributed by atoms with E-state index in [9.17, 15) is 15.0 Å². The molecule has 0 bridgehead atoms. The van der Waals surface area contributed by atoms with Crippen LogP contribution in [0.1, 0.15) is 31.4 Å². The van der Waals surface area contributed by atoms with Crippen molar-refractivity contribution < 1.29 is 25.0 Å². The zero-order chi connectivity index (χ0) is 18.2. The second kappa shape index (κ2) is 9.17. The fraction of sp³-hybridized carbons (Fsp3) is 0.316. The number of aliphatic hydroxyl groups is 1. The molecule has 0 unspecified atom stereocenters. The van der Waals surface area contributed by atoms with Gasteiger partial charge in [-0.2, -0.15) is 0 Å². The SMILES string of the molecule is CCO[C@@H](CC/C=C/C(=O)NO)[C@@H](O)c1ccc(O)c2ccccc12. The molecular formula is C19H23NO5. The molecular weight excluding hydrogens is 322 g/mol. The van der Waals surface area contributed by atoms with Crippen molar-refractivity contribution in [3.05, 3.63) is 54.1 Å². The second-order valence-electron chi connectivity index (χ2n) is 5.61. The Morgan fingerprint density at radius 3 is 2.64 bits per heavy atom. The van der Waals surface area contributed by atoms with Crippen molar-refractivity contribution in [1.82, 2.24) is 5.48 Å². The van der Waals surface area contributed by atoms with Gasteiger partial charge in [-0.3, -0.25) is 10.0 Å². The number of allylic oxidation sites excluding steroid dienone is 1. The lowest BCUT2D eigenvalue weighted by Crippen LogP contribution is -2.22. The number of hydroxylamine groups is 1. The monoisotopic (exact) mass is 345 g/mol. The number of benzene rings is 2. The highest BCUT2D eigenvalue weighted by Crippen LogP contribution is 2.33. The average Bonchev–Trinajstić information content (AvgIpc) is 2.64. The normalized spacial score (nSPS) is 13.9. The molecule has 0 fully saturated rings. The number of rotatable bonds is 8. The Labute approximate surface area is 146 Å². The van der Waals surface area contributed by atoms with E-state index in [4.69, 9.17) is 9.94 Å². The Balaban J connectivity index is 2.20. The van der Waals surface area contributed by atoms with Gasteiger partial charge in [-0.1, -0.05) is 36.4 Å². The summed E-state index contributed by atoms with van der Waals surface area (Å²) in [7, 11) is 0. The molecule has 0 aliphatic carbocycles. The zero-order valence-electron chi connectivity index (χ0n) is 14.1. The molecule has 0 heterocycles. The summed E-state index contributed by atoms with van der Waals surface area (Å²) >= 11 is 0. The Hall–Kier alpha value is -2.41. The minimum absolute atomic E-state index is 0.164. The predicted octanol–water partition coefficient (Wildman–Crippen LogP) is 2.83. The lowest BCUT2D eigenvalue weighted by Gasteiger charge is -2.24. The molecule has 0 saturated carbocycles. The summed E-state index contributed by atoms with van der Waals surface area (Å²) in [6.07, 6.45) is 2.51. The number of hydrogen-bond donors (Lipinski definition) is 4. The van der Waals surface area contributed by atoms with Gasteiger partial charge >= 0.3 is 0 Å². The van der Waals surface area contributed by atoms with Gasteiger partial charge in [-0.15, -0.1) is 0 Å². The molecule has 6 nitrogen and oxygen atoms in total. The van der Waals surface area contributed by atoms with Gasteiger partial charge < -0.3 is 14.9 Å². The van der Waals surface area contributed by atoms with Crippen LogP contribution in [0.25, 0.3) is 10.8 Å². The molecule has 0 aliphatic heterocycles. The molecule has 0 saturated heterocycles. The second-order valence-corrected chi connectivity index (χ2v) is 5.61. The van der Waals surface area contributed by atoms with E-state index in [0.717, 1.165) is 5.39 Å². The number of nitrogens with one attached hydrogen (secondary N) is 1. The number of carbonyl (C=O) groups excluding carboxylic acids is 1. The van der Waals surface area contributed by atoms with Crippen molar-refractivity contribution in [2.45, 2.75) is 32.0 Å². The fourth-order valence-corrected chi connectivity index (χ4v) is 2.80. The highest BCUT2D eigenvalue weighted by molar-refractivity contribution is 5.91. The highest BCUT2D eigenvalue weighted by Gasteiger charge is 2.23. The molecule has 0 aromatic heterocycles. The third-order valence-corrected chi connectivity index (χ3v) is 3.98. The van der Waals surface area contributed by atoms with Crippen LogP contribution in [0.4, 0.5) is 0 Å². The van der Waals surface area contributed by atoms with Gasteiger partial charge in [0.2, 0.25) is 0 Å². The lowest BCUT2D eigenvalue weighted by molar-refractivity contribution is -0.124. The summed E-state index contributed by atoms with van der Waals surface area (Å²) in [6.45, 7) is 2.29. The first-order valence-corrected chi connectivity index (χ1v) is 8.19. The van der Waals surface area contributed by atoms with Crippen molar-refractivity contribution in [2.75, 3.05) is 6.61 Å². The largest absolute Gasteiger partial charge is 0.507 e. The number of ether oxygens (including phenoxy) is 1. The number of aliphatic hydroxyl groups excluding tert-OH is 1. The van der Waals surface area contributed by atoms with E-state index in [0.29, 0.717) is 30.4 Å². The molecule has 2 rings (SSSR count). The van der Waals surface area contributed by atoms with Crippen molar-refractivity contribution in [3.8, 4) is 5.75 Å². The molecule has 2 aromatic rings. The van der Waals surface area contributed by atoms with Crippen LogP contribution in [0.2, 0.25) is 0 Å². The molecule has 0 spiro atoms. The first-order chi connectivity index (χ1) is 12.1. The van der Waals surface area contributed by atoms with Gasteiger partial charge in [0, 0.05) is 18.1 Å². The molecule has 25 heavy (non-hydrogen) atoms. The van der Waals surface area contributed by atoms with Gasteiger partial charge in [0.1, 0.15) is 11.9 Å².